The summed E-state index contributed by atoms with van der Waals surface area (Å²) in [5.41, 5.74) is 1.55. The van der Waals surface area contributed by atoms with E-state index in [1.54, 1.807) is 0 Å². The van der Waals surface area contributed by atoms with Crippen LogP contribution in [-0.2, 0) is 11.3 Å². The molecule has 7 heteroatoms. The Balaban J connectivity index is 1.68. The molecule has 1 aromatic heterocycles. The van der Waals surface area contributed by atoms with E-state index in [9.17, 15) is 13.6 Å². The number of esters is 1. The maximum Gasteiger partial charge on any atom is 0.338 e. The number of rotatable bonds is 4. The first kappa shape index (κ1) is 15.8. The highest BCUT2D eigenvalue weighted by molar-refractivity contribution is 5.89. The van der Waals surface area contributed by atoms with Crippen molar-refractivity contribution in [2.45, 2.75) is 13.5 Å². The van der Waals surface area contributed by atoms with Crippen LogP contribution in [-0.4, -0.2) is 16.2 Å². The first-order chi connectivity index (χ1) is 11.5. The Morgan fingerprint density at radius 1 is 1.12 bits per heavy atom. The number of ether oxygens (including phenoxy) is 1. The molecule has 0 atom stereocenters. The average molecular weight is 330 g/mol. The van der Waals surface area contributed by atoms with Crippen LogP contribution in [0.25, 0.3) is 11.5 Å². The zero-order valence-corrected chi connectivity index (χ0v) is 12.6. The fourth-order valence-corrected chi connectivity index (χ4v) is 2.09. The van der Waals surface area contributed by atoms with Gasteiger partial charge in [-0.15, -0.1) is 10.2 Å². The van der Waals surface area contributed by atoms with E-state index in [2.05, 4.69) is 10.2 Å². The number of aryl methyl sites for hydroxylation is 1. The fraction of sp³-hybridized carbons (Fsp3) is 0.118. The second-order valence-electron chi connectivity index (χ2n) is 5.10. The molecule has 3 rings (SSSR count). The van der Waals surface area contributed by atoms with Crippen LogP contribution in [0.1, 0.15) is 21.8 Å². The van der Waals surface area contributed by atoms with Crippen molar-refractivity contribution in [2.24, 2.45) is 0 Å². The first-order valence-corrected chi connectivity index (χ1v) is 7.04. The lowest BCUT2D eigenvalue weighted by molar-refractivity contribution is 0.0437. The lowest BCUT2D eigenvalue weighted by atomic mass is 10.1. The molecule has 1 heterocycles. The molecule has 0 spiro atoms. The van der Waals surface area contributed by atoms with Gasteiger partial charge in [0.2, 0.25) is 5.89 Å². The fourth-order valence-electron chi connectivity index (χ4n) is 2.09. The Bertz CT molecular complexity index is 873. The molecule has 0 aliphatic carbocycles. The van der Waals surface area contributed by atoms with Gasteiger partial charge in [0.15, 0.2) is 6.61 Å². The Morgan fingerprint density at radius 3 is 2.58 bits per heavy atom. The minimum Gasteiger partial charge on any atom is -0.452 e. The van der Waals surface area contributed by atoms with Gasteiger partial charge in [0.05, 0.1) is 5.56 Å². The topological polar surface area (TPSA) is 65.2 Å². The van der Waals surface area contributed by atoms with Gasteiger partial charge in [-0.1, -0.05) is 17.7 Å². The van der Waals surface area contributed by atoms with Crippen LogP contribution in [0.15, 0.2) is 46.9 Å². The van der Waals surface area contributed by atoms with Gasteiger partial charge < -0.3 is 9.15 Å². The number of halogens is 2. The Labute approximate surface area is 135 Å². The summed E-state index contributed by atoms with van der Waals surface area (Å²) >= 11 is 0. The van der Waals surface area contributed by atoms with Gasteiger partial charge in [-0.3, -0.25) is 0 Å². The van der Waals surface area contributed by atoms with Crippen molar-refractivity contribution in [3.05, 3.63) is 71.1 Å². The Hall–Kier alpha value is -3.09. The molecule has 0 fully saturated rings. The summed E-state index contributed by atoms with van der Waals surface area (Å²) in [4.78, 5) is 11.8. The molecule has 0 saturated heterocycles. The molecular formula is C17H12F2N2O3. The molecule has 0 bridgehead atoms. The smallest absolute Gasteiger partial charge is 0.338 e. The van der Waals surface area contributed by atoms with Crippen LogP contribution in [0, 0.1) is 18.6 Å². The molecule has 122 valence electrons. The molecule has 0 amide bonds. The van der Waals surface area contributed by atoms with Crippen LogP contribution in [0.2, 0.25) is 0 Å². The SMILES string of the molecule is Cc1cccc(-c2nnc(COC(=O)c3cc(F)cc(F)c3)o2)c1. The van der Waals surface area contributed by atoms with Gasteiger partial charge >= 0.3 is 5.97 Å². The monoisotopic (exact) mass is 330 g/mol. The second kappa shape index (κ2) is 6.57. The van der Waals surface area contributed by atoms with Crippen molar-refractivity contribution in [3.8, 4) is 11.5 Å². The van der Waals surface area contributed by atoms with E-state index in [1.165, 1.54) is 0 Å². The summed E-state index contributed by atoms with van der Waals surface area (Å²) in [7, 11) is 0. The highest BCUT2D eigenvalue weighted by atomic mass is 19.1. The summed E-state index contributed by atoms with van der Waals surface area (Å²) in [6, 6.07) is 9.91. The van der Waals surface area contributed by atoms with Crippen LogP contribution in [0.5, 0.6) is 0 Å². The molecular weight excluding hydrogens is 318 g/mol. The maximum atomic E-state index is 13.1. The van der Waals surface area contributed by atoms with Crippen molar-refractivity contribution in [1.82, 2.24) is 10.2 Å². The summed E-state index contributed by atoms with van der Waals surface area (Å²) in [5.74, 6) is -2.23. The molecule has 5 nitrogen and oxygen atoms in total. The quantitative estimate of drug-likeness (QED) is 0.683. The predicted octanol–water partition coefficient (Wildman–Crippen LogP) is 3.68. The molecule has 0 aliphatic heterocycles. The van der Waals surface area contributed by atoms with Crippen LogP contribution in [0.3, 0.4) is 0 Å². The number of aromatic nitrogens is 2. The van der Waals surface area contributed by atoms with E-state index in [4.69, 9.17) is 9.15 Å². The third-order valence-corrected chi connectivity index (χ3v) is 3.16. The van der Waals surface area contributed by atoms with Crippen molar-refractivity contribution >= 4 is 5.97 Å². The van der Waals surface area contributed by atoms with E-state index in [-0.39, 0.29) is 18.1 Å². The van der Waals surface area contributed by atoms with Crippen molar-refractivity contribution in [3.63, 3.8) is 0 Å². The van der Waals surface area contributed by atoms with Crippen molar-refractivity contribution < 1.29 is 22.7 Å². The number of benzene rings is 2. The Morgan fingerprint density at radius 2 is 1.88 bits per heavy atom. The lowest BCUT2D eigenvalue weighted by Crippen LogP contribution is -2.06. The van der Waals surface area contributed by atoms with Crippen LogP contribution < -0.4 is 0 Å². The summed E-state index contributed by atoms with van der Waals surface area (Å²) < 4.78 is 36.5. The van der Waals surface area contributed by atoms with E-state index >= 15 is 0 Å². The van der Waals surface area contributed by atoms with Gasteiger partial charge in [0.1, 0.15) is 11.6 Å². The molecule has 0 N–H and O–H groups in total. The van der Waals surface area contributed by atoms with E-state index < -0.39 is 17.6 Å². The molecule has 0 radical (unpaired) electrons. The molecule has 0 unspecified atom stereocenters. The van der Waals surface area contributed by atoms with Gasteiger partial charge in [-0.05, 0) is 31.2 Å². The first-order valence-electron chi connectivity index (χ1n) is 7.04. The number of hydrogen-bond acceptors (Lipinski definition) is 5. The summed E-state index contributed by atoms with van der Waals surface area (Å²) in [5, 5.41) is 7.66. The number of hydrogen-bond donors (Lipinski definition) is 0. The average Bonchev–Trinajstić information content (AvgIpc) is 3.00. The number of nitrogens with zero attached hydrogens (tertiary/aromatic N) is 2. The standard InChI is InChI=1S/C17H12F2N2O3/c1-10-3-2-4-11(5-10)16-21-20-15(24-16)9-23-17(22)12-6-13(18)8-14(19)7-12/h2-8H,9H2,1H3. The zero-order chi connectivity index (χ0) is 17.1. The third kappa shape index (κ3) is 3.62. The third-order valence-electron chi connectivity index (χ3n) is 3.16. The van der Waals surface area contributed by atoms with Crippen molar-refractivity contribution in [2.75, 3.05) is 0 Å². The number of carbonyl (C=O) groups excluding carboxylic acids is 1. The van der Waals surface area contributed by atoms with Crippen LogP contribution in [0.4, 0.5) is 8.78 Å². The molecule has 2 aromatic carbocycles. The van der Waals surface area contributed by atoms with Gasteiger partial charge in [0.25, 0.3) is 5.89 Å². The molecule has 0 saturated carbocycles. The second-order valence-corrected chi connectivity index (χ2v) is 5.10. The highest BCUT2D eigenvalue weighted by Crippen LogP contribution is 2.19. The predicted molar refractivity (Wildman–Crippen MR) is 79.9 cm³/mol. The van der Waals surface area contributed by atoms with Crippen LogP contribution >= 0.6 is 0 Å². The molecule has 0 aliphatic rings. The van der Waals surface area contributed by atoms with Gasteiger partial charge in [-0.25, -0.2) is 13.6 Å². The minimum absolute atomic E-state index is 0.0803. The lowest BCUT2D eigenvalue weighted by Gasteiger charge is -2.02. The normalized spacial score (nSPS) is 10.6. The highest BCUT2D eigenvalue weighted by Gasteiger charge is 2.14. The minimum atomic E-state index is -0.885. The van der Waals surface area contributed by atoms with E-state index in [0.717, 1.165) is 23.3 Å². The molecule has 24 heavy (non-hydrogen) atoms. The van der Waals surface area contributed by atoms with E-state index in [0.29, 0.717) is 12.0 Å². The summed E-state index contributed by atoms with van der Waals surface area (Å²) in [6.45, 7) is 1.64. The summed E-state index contributed by atoms with van der Waals surface area (Å²) in [6.07, 6.45) is 0. The molecule has 3 aromatic rings. The largest absolute Gasteiger partial charge is 0.452 e. The maximum absolute atomic E-state index is 13.1. The zero-order valence-electron chi connectivity index (χ0n) is 12.6. The van der Waals surface area contributed by atoms with Crippen molar-refractivity contribution in [1.29, 1.82) is 0 Å². The van der Waals surface area contributed by atoms with E-state index in [1.807, 2.05) is 31.2 Å². The van der Waals surface area contributed by atoms with Gasteiger partial charge in [-0.2, -0.15) is 0 Å². The van der Waals surface area contributed by atoms with Gasteiger partial charge in [0, 0.05) is 11.6 Å². The Kier molecular flexibility index (Phi) is 4.33. The number of carbonyl (C=O) groups is 1.